The molecule has 0 saturated carbocycles. The summed E-state index contributed by atoms with van der Waals surface area (Å²) in [6, 6.07) is 15.7. The maximum atomic E-state index is 2.38. The summed E-state index contributed by atoms with van der Waals surface area (Å²) in [5, 5.41) is 2.74. The smallest absolute Gasteiger partial charge is 0.0181 e. The third-order valence-electron chi connectivity index (χ3n) is 6.89. The second-order valence-electron chi connectivity index (χ2n) is 9.80. The highest BCUT2D eigenvalue weighted by molar-refractivity contribution is 5.82. The third kappa shape index (κ3) is 13.1. The lowest BCUT2D eigenvalue weighted by atomic mass is 10.0. The summed E-state index contributed by atoms with van der Waals surface area (Å²) >= 11 is 0. The fourth-order valence-electron chi connectivity index (χ4n) is 4.80. The number of allylic oxidation sites excluding steroid dienone is 2. The van der Waals surface area contributed by atoms with E-state index >= 15 is 0 Å². The normalized spacial score (nSPS) is 11.7. The molecule has 0 amide bonds. The highest BCUT2D eigenvalue weighted by atomic mass is 14.0. The van der Waals surface area contributed by atoms with Crippen molar-refractivity contribution in [3.8, 4) is 0 Å². The Labute approximate surface area is 199 Å². The van der Waals surface area contributed by atoms with Gasteiger partial charge in [-0.2, -0.15) is 0 Å². The van der Waals surface area contributed by atoms with E-state index in [9.17, 15) is 0 Å². The van der Waals surface area contributed by atoms with E-state index in [4.69, 9.17) is 0 Å². The number of fused-ring (bicyclic) bond motifs is 1. The molecule has 0 atom stereocenters. The van der Waals surface area contributed by atoms with Crippen molar-refractivity contribution in [1.82, 2.24) is 0 Å². The Morgan fingerprint density at radius 1 is 0.500 bits per heavy atom. The third-order valence-corrected chi connectivity index (χ3v) is 6.89. The summed E-state index contributed by atoms with van der Waals surface area (Å²) in [4.78, 5) is 0. The van der Waals surface area contributed by atoms with Gasteiger partial charge in [0.1, 0.15) is 0 Å². The molecule has 0 radical (unpaired) electrons. The van der Waals surface area contributed by atoms with Gasteiger partial charge in [-0.1, -0.05) is 151 Å². The van der Waals surface area contributed by atoms with E-state index in [0.29, 0.717) is 0 Å². The standard InChI is InChI=1S/C32H50/c1-2-3-4-5-6-7-8-9-10-11-12-13-14-15-16-17-18-19-20-21-24-30-27-28-31-25-22-23-26-32(31)29-30/h2-3,22-23,25-29H,4-21,24H2,1H3/b3-2+. The number of rotatable bonds is 20. The van der Waals surface area contributed by atoms with Crippen LogP contribution < -0.4 is 0 Å². The van der Waals surface area contributed by atoms with Crippen LogP contribution >= 0.6 is 0 Å². The fraction of sp³-hybridized carbons (Fsp3) is 0.625. The van der Waals surface area contributed by atoms with Gasteiger partial charge in [0.2, 0.25) is 0 Å². The first-order valence-corrected chi connectivity index (χ1v) is 14.0. The van der Waals surface area contributed by atoms with Crippen molar-refractivity contribution >= 4 is 10.8 Å². The highest BCUT2D eigenvalue weighted by Crippen LogP contribution is 2.18. The van der Waals surface area contributed by atoms with Gasteiger partial charge in [-0.05, 0) is 48.9 Å². The zero-order chi connectivity index (χ0) is 22.5. The molecular weight excluding hydrogens is 384 g/mol. The highest BCUT2D eigenvalue weighted by Gasteiger charge is 1.98. The number of hydrogen-bond acceptors (Lipinski definition) is 0. The molecule has 0 N–H and O–H groups in total. The summed E-state index contributed by atoms with van der Waals surface area (Å²) in [5.74, 6) is 0. The molecule has 2 rings (SSSR count). The average molecular weight is 435 g/mol. The summed E-state index contributed by atoms with van der Waals surface area (Å²) in [7, 11) is 0. The summed E-state index contributed by atoms with van der Waals surface area (Å²) < 4.78 is 0. The molecule has 0 heterocycles. The summed E-state index contributed by atoms with van der Waals surface area (Å²) in [6.07, 6.45) is 31.5. The molecule has 0 aliphatic rings. The Kier molecular flexibility index (Phi) is 15.8. The van der Waals surface area contributed by atoms with Crippen LogP contribution in [0, 0.1) is 0 Å². The van der Waals surface area contributed by atoms with Crippen LogP contribution in [0.2, 0.25) is 0 Å². The lowest BCUT2D eigenvalue weighted by Crippen LogP contribution is -1.87. The predicted octanol–water partition coefficient (Wildman–Crippen LogP) is 11.0. The number of benzene rings is 2. The lowest BCUT2D eigenvalue weighted by Gasteiger charge is -2.05. The van der Waals surface area contributed by atoms with Crippen molar-refractivity contribution in [1.29, 1.82) is 0 Å². The molecule has 2 aromatic rings. The van der Waals surface area contributed by atoms with Crippen molar-refractivity contribution in [3.05, 3.63) is 60.2 Å². The van der Waals surface area contributed by atoms with Gasteiger partial charge in [-0.25, -0.2) is 0 Å². The Bertz CT molecular complexity index is 711. The first kappa shape index (κ1) is 26.7. The Hall–Kier alpha value is -1.56. The van der Waals surface area contributed by atoms with Gasteiger partial charge >= 0.3 is 0 Å². The van der Waals surface area contributed by atoms with Crippen LogP contribution in [0.4, 0.5) is 0 Å². The van der Waals surface area contributed by atoms with Crippen molar-refractivity contribution in [2.45, 2.75) is 129 Å². The molecule has 0 spiro atoms. The molecule has 0 aliphatic carbocycles. The quantitative estimate of drug-likeness (QED) is 0.143. The molecular formula is C32H50. The van der Waals surface area contributed by atoms with Crippen molar-refractivity contribution in [2.75, 3.05) is 0 Å². The van der Waals surface area contributed by atoms with Gasteiger partial charge in [0.25, 0.3) is 0 Å². The molecule has 32 heavy (non-hydrogen) atoms. The maximum absolute atomic E-state index is 2.38. The molecule has 0 unspecified atom stereocenters. The Morgan fingerprint density at radius 2 is 0.969 bits per heavy atom. The topological polar surface area (TPSA) is 0 Å². The Morgan fingerprint density at radius 3 is 1.50 bits per heavy atom. The minimum Gasteiger partial charge on any atom is -0.0917 e. The molecule has 0 aliphatic heterocycles. The number of hydrogen-bond donors (Lipinski definition) is 0. The average Bonchev–Trinajstić information content (AvgIpc) is 2.82. The molecule has 0 fully saturated rings. The van der Waals surface area contributed by atoms with Crippen LogP contribution in [-0.4, -0.2) is 0 Å². The number of aryl methyl sites for hydroxylation is 1. The van der Waals surface area contributed by atoms with Gasteiger partial charge < -0.3 is 0 Å². The van der Waals surface area contributed by atoms with E-state index in [1.54, 1.807) is 0 Å². The summed E-state index contributed by atoms with van der Waals surface area (Å²) in [6.45, 7) is 2.12. The maximum Gasteiger partial charge on any atom is -0.0181 e. The first-order chi connectivity index (χ1) is 15.9. The molecule has 2 aromatic carbocycles. The molecule has 0 aromatic heterocycles. The van der Waals surface area contributed by atoms with Crippen LogP contribution in [0.5, 0.6) is 0 Å². The monoisotopic (exact) mass is 434 g/mol. The molecule has 0 heteroatoms. The number of unbranched alkanes of at least 4 members (excludes halogenated alkanes) is 17. The molecule has 0 nitrogen and oxygen atoms in total. The van der Waals surface area contributed by atoms with Crippen molar-refractivity contribution in [3.63, 3.8) is 0 Å². The molecule has 0 saturated heterocycles. The van der Waals surface area contributed by atoms with Crippen molar-refractivity contribution < 1.29 is 0 Å². The SMILES string of the molecule is C/C=C/CCCCCCCCCCCCCCCCCCCc1ccc2ccccc2c1. The Balaban J connectivity index is 1.29. The van der Waals surface area contributed by atoms with Crippen LogP contribution in [0.15, 0.2) is 54.6 Å². The first-order valence-electron chi connectivity index (χ1n) is 14.0. The van der Waals surface area contributed by atoms with Crippen LogP contribution in [0.25, 0.3) is 10.8 Å². The van der Waals surface area contributed by atoms with Gasteiger partial charge in [0.05, 0.1) is 0 Å². The van der Waals surface area contributed by atoms with Gasteiger partial charge in [-0.3, -0.25) is 0 Å². The van der Waals surface area contributed by atoms with E-state index in [-0.39, 0.29) is 0 Å². The minimum atomic E-state index is 1.24. The second-order valence-corrected chi connectivity index (χ2v) is 9.80. The van der Waals surface area contributed by atoms with Crippen LogP contribution in [-0.2, 0) is 6.42 Å². The van der Waals surface area contributed by atoms with Gasteiger partial charge in [0.15, 0.2) is 0 Å². The van der Waals surface area contributed by atoms with E-state index in [0.717, 1.165) is 0 Å². The van der Waals surface area contributed by atoms with Gasteiger partial charge in [-0.15, -0.1) is 0 Å². The van der Waals surface area contributed by atoms with Gasteiger partial charge in [0, 0.05) is 0 Å². The lowest BCUT2D eigenvalue weighted by molar-refractivity contribution is 0.526. The van der Waals surface area contributed by atoms with Crippen LogP contribution in [0.3, 0.4) is 0 Å². The predicted molar refractivity (Wildman–Crippen MR) is 146 cm³/mol. The van der Waals surface area contributed by atoms with Crippen molar-refractivity contribution in [2.24, 2.45) is 0 Å². The fourth-order valence-corrected chi connectivity index (χ4v) is 4.80. The van der Waals surface area contributed by atoms with E-state index in [1.165, 1.54) is 138 Å². The van der Waals surface area contributed by atoms with E-state index in [2.05, 4.69) is 61.5 Å². The zero-order valence-electron chi connectivity index (χ0n) is 21.1. The van der Waals surface area contributed by atoms with E-state index < -0.39 is 0 Å². The molecule has 0 bridgehead atoms. The molecule has 178 valence electrons. The largest absolute Gasteiger partial charge is 0.0917 e. The van der Waals surface area contributed by atoms with E-state index in [1.807, 2.05) is 0 Å². The summed E-state index contributed by atoms with van der Waals surface area (Å²) in [5.41, 5.74) is 1.50. The second kappa shape index (κ2) is 19.0. The minimum absolute atomic E-state index is 1.24. The zero-order valence-corrected chi connectivity index (χ0v) is 21.1. The van der Waals surface area contributed by atoms with Crippen LogP contribution in [0.1, 0.15) is 128 Å².